The van der Waals surface area contributed by atoms with E-state index in [9.17, 15) is 27.7 Å². The van der Waals surface area contributed by atoms with Crippen LogP contribution in [0.3, 0.4) is 0 Å². The number of nitrogen functional groups attached to an aromatic ring is 1. The molecule has 0 saturated heterocycles. The Balaban J connectivity index is 1.95. The van der Waals surface area contributed by atoms with Crippen LogP contribution in [0.1, 0.15) is 16.7 Å². The Kier molecular flexibility index (Phi) is 4.02. The summed E-state index contributed by atoms with van der Waals surface area (Å²) in [4.78, 5) is 11.5. The van der Waals surface area contributed by atoms with Crippen molar-refractivity contribution in [2.45, 2.75) is 19.1 Å². The van der Waals surface area contributed by atoms with E-state index in [1.807, 2.05) is 0 Å². The van der Waals surface area contributed by atoms with Crippen molar-refractivity contribution < 1.29 is 22.5 Å². The van der Waals surface area contributed by atoms with Crippen molar-refractivity contribution in [1.29, 1.82) is 0 Å². The maximum absolute atomic E-state index is 14.4. The fraction of sp³-hybridized carbons (Fsp3) is 0.250. The molecule has 0 unspecified atom stereocenters. The van der Waals surface area contributed by atoms with Crippen molar-refractivity contribution in [1.82, 2.24) is 0 Å². The zero-order chi connectivity index (χ0) is 18.4. The first kappa shape index (κ1) is 17.0. The normalized spacial score (nSPS) is 14.3. The Bertz CT molecular complexity index is 852. The topological polar surface area (TPSA) is 72.4 Å². The van der Waals surface area contributed by atoms with E-state index in [2.05, 4.69) is 0 Å². The van der Waals surface area contributed by atoms with E-state index >= 15 is 0 Å². The molecule has 0 bridgehead atoms. The minimum Gasteiger partial charge on any atom is -0.391 e. The minimum absolute atomic E-state index is 0.0335. The first-order chi connectivity index (χ1) is 11.7. The molecule has 1 heterocycles. The van der Waals surface area contributed by atoms with Gasteiger partial charge in [0.1, 0.15) is 5.69 Å². The monoisotopic (exact) mass is 355 g/mol. The van der Waals surface area contributed by atoms with Gasteiger partial charge in [0, 0.05) is 19.2 Å². The third-order valence-corrected chi connectivity index (χ3v) is 4.22. The van der Waals surface area contributed by atoms with Gasteiger partial charge in [0.2, 0.25) is 0 Å². The number of benzene rings is 2. The van der Waals surface area contributed by atoms with Gasteiger partial charge in [-0.3, -0.25) is 10.1 Å². The van der Waals surface area contributed by atoms with Crippen LogP contribution in [-0.4, -0.2) is 11.5 Å². The molecular weight excluding hydrogens is 342 g/mol. The molecule has 0 fully saturated rings. The number of hydrogen-bond acceptors (Lipinski definition) is 4. The molecule has 0 radical (unpaired) electrons. The summed E-state index contributed by atoms with van der Waals surface area (Å²) in [6.07, 6.45) is -4.02. The lowest BCUT2D eigenvalue weighted by Crippen LogP contribution is -2.31. The Hall–Kier alpha value is -2.84. The van der Waals surface area contributed by atoms with Crippen molar-refractivity contribution in [3.63, 3.8) is 0 Å². The van der Waals surface area contributed by atoms with Crippen LogP contribution in [0, 0.1) is 15.9 Å². The molecule has 132 valence electrons. The van der Waals surface area contributed by atoms with Crippen LogP contribution in [0.2, 0.25) is 0 Å². The second-order valence-electron chi connectivity index (χ2n) is 5.74. The number of nitrogens with two attached hydrogens (primary N) is 1. The molecule has 3 rings (SSSR count). The zero-order valence-electron chi connectivity index (χ0n) is 12.8. The molecule has 0 atom stereocenters. The fourth-order valence-corrected chi connectivity index (χ4v) is 2.91. The third kappa shape index (κ3) is 3.09. The molecule has 1 aliphatic heterocycles. The predicted octanol–water partition coefficient (Wildman–Crippen LogP) is 3.90. The molecular formula is C16H13F4N3O2. The highest BCUT2D eigenvalue weighted by molar-refractivity contribution is 5.68. The average Bonchev–Trinajstić information content (AvgIpc) is 2.55. The fourth-order valence-electron chi connectivity index (χ4n) is 2.91. The van der Waals surface area contributed by atoms with Crippen LogP contribution in [-0.2, 0) is 19.1 Å². The van der Waals surface area contributed by atoms with Gasteiger partial charge in [0.05, 0.1) is 16.2 Å². The summed E-state index contributed by atoms with van der Waals surface area (Å²) in [5.41, 5.74) is 4.82. The first-order valence-corrected chi connectivity index (χ1v) is 7.35. The van der Waals surface area contributed by atoms with Gasteiger partial charge in [-0.1, -0.05) is 6.07 Å². The Morgan fingerprint density at radius 1 is 1.16 bits per heavy atom. The molecule has 25 heavy (non-hydrogen) atoms. The van der Waals surface area contributed by atoms with Crippen molar-refractivity contribution in [3.05, 3.63) is 63.0 Å². The number of nitro groups is 1. The lowest BCUT2D eigenvalue weighted by Gasteiger charge is -2.31. The number of alkyl halides is 3. The summed E-state index contributed by atoms with van der Waals surface area (Å²) in [5.74, 6) is -0.940. The van der Waals surface area contributed by atoms with E-state index < -0.39 is 33.9 Å². The van der Waals surface area contributed by atoms with Crippen LogP contribution >= 0.6 is 0 Å². The summed E-state index contributed by atoms with van der Waals surface area (Å²) in [7, 11) is 0. The molecule has 2 aromatic rings. The lowest BCUT2D eigenvalue weighted by atomic mass is 9.96. The Labute approximate surface area is 139 Å². The van der Waals surface area contributed by atoms with Gasteiger partial charge in [0.25, 0.3) is 5.69 Å². The molecule has 0 spiro atoms. The number of hydrogen-bond donors (Lipinski definition) is 1. The smallest absolute Gasteiger partial charge is 0.391 e. The molecule has 0 saturated carbocycles. The van der Waals surface area contributed by atoms with Gasteiger partial charge in [0.15, 0.2) is 5.82 Å². The third-order valence-electron chi connectivity index (χ3n) is 4.22. The highest BCUT2D eigenvalue weighted by Gasteiger charge is 2.32. The van der Waals surface area contributed by atoms with Gasteiger partial charge >= 0.3 is 6.18 Å². The van der Waals surface area contributed by atoms with Crippen molar-refractivity contribution in [3.8, 4) is 0 Å². The highest BCUT2D eigenvalue weighted by atomic mass is 19.4. The van der Waals surface area contributed by atoms with Crippen molar-refractivity contribution in [2.75, 3.05) is 17.2 Å². The Morgan fingerprint density at radius 3 is 2.52 bits per heavy atom. The van der Waals surface area contributed by atoms with Crippen LogP contribution in [0.15, 0.2) is 30.3 Å². The number of halogens is 4. The standard InChI is InChI=1S/C16H13F4N3O2/c17-14-12(3-4-13(15(14)21)23(24)25)22-6-5-9-1-2-11(16(18,19)20)7-10(9)8-22/h1-4,7H,5-6,8,21H2. The van der Waals surface area contributed by atoms with Crippen LogP contribution in [0.4, 0.5) is 34.6 Å². The summed E-state index contributed by atoms with van der Waals surface area (Å²) in [6.45, 7) is 0.431. The van der Waals surface area contributed by atoms with Gasteiger partial charge in [-0.2, -0.15) is 13.2 Å². The van der Waals surface area contributed by atoms with E-state index in [0.29, 0.717) is 18.5 Å². The number of rotatable bonds is 2. The van der Waals surface area contributed by atoms with Gasteiger partial charge in [-0.05, 0) is 35.7 Å². The average molecular weight is 355 g/mol. The predicted molar refractivity (Wildman–Crippen MR) is 83.7 cm³/mol. The molecule has 5 nitrogen and oxygen atoms in total. The summed E-state index contributed by atoms with van der Waals surface area (Å²) < 4.78 is 53.0. The van der Waals surface area contributed by atoms with Gasteiger partial charge in [-0.25, -0.2) is 4.39 Å². The second-order valence-corrected chi connectivity index (χ2v) is 5.74. The molecule has 2 N–H and O–H groups in total. The maximum Gasteiger partial charge on any atom is 0.416 e. The summed E-state index contributed by atoms with van der Waals surface area (Å²) in [5, 5.41) is 10.8. The maximum atomic E-state index is 14.4. The lowest BCUT2D eigenvalue weighted by molar-refractivity contribution is -0.384. The Morgan fingerprint density at radius 2 is 1.88 bits per heavy atom. The van der Waals surface area contributed by atoms with Crippen molar-refractivity contribution in [2.24, 2.45) is 0 Å². The van der Waals surface area contributed by atoms with E-state index in [1.54, 1.807) is 0 Å². The van der Waals surface area contributed by atoms with Gasteiger partial charge < -0.3 is 10.6 Å². The zero-order valence-corrected chi connectivity index (χ0v) is 12.8. The molecule has 0 aromatic heterocycles. The first-order valence-electron chi connectivity index (χ1n) is 7.35. The largest absolute Gasteiger partial charge is 0.416 e. The summed E-state index contributed by atoms with van der Waals surface area (Å²) in [6, 6.07) is 5.82. The van der Waals surface area contributed by atoms with E-state index in [1.165, 1.54) is 17.0 Å². The SMILES string of the molecule is Nc1c([N+](=O)[O-])ccc(N2CCc3ccc(C(F)(F)F)cc3C2)c1F. The van der Waals surface area contributed by atoms with E-state index in [0.717, 1.165) is 23.8 Å². The van der Waals surface area contributed by atoms with Crippen LogP contribution < -0.4 is 10.6 Å². The molecule has 0 amide bonds. The molecule has 1 aliphatic rings. The quantitative estimate of drug-likeness (QED) is 0.384. The minimum atomic E-state index is -4.46. The number of anilines is 2. The second kappa shape index (κ2) is 5.91. The molecule has 0 aliphatic carbocycles. The number of fused-ring (bicyclic) bond motifs is 1. The van der Waals surface area contributed by atoms with Crippen LogP contribution in [0.5, 0.6) is 0 Å². The van der Waals surface area contributed by atoms with Gasteiger partial charge in [-0.15, -0.1) is 0 Å². The van der Waals surface area contributed by atoms with E-state index in [-0.39, 0.29) is 12.2 Å². The summed E-state index contributed by atoms with van der Waals surface area (Å²) >= 11 is 0. The molecule has 2 aromatic carbocycles. The number of nitro benzene ring substituents is 1. The highest BCUT2D eigenvalue weighted by Crippen LogP contribution is 2.36. The van der Waals surface area contributed by atoms with Crippen molar-refractivity contribution >= 4 is 17.1 Å². The number of nitrogens with zero attached hydrogens (tertiary/aromatic N) is 2. The van der Waals surface area contributed by atoms with E-state index in [4.69, 9.17) is 5.73 Å². The molecule has 9 heteroatoms. The van der Waals surface area contributed by atoms with Crippen LogP contribution in [0.25, 0.3) is 0 Å².